The van der Waals surface area contributed by atoms with Crippen molar-refractivity contribution < 1.29 is 14.3 Å². The van der Waals surface area contributed by atoms with Crippen LogP contribution in [0.5, 0.6) is 0 Å². The molecule has 0 fully saturated rings. The zero-order chi connectivity index (χ0) is 15.1. The van der Waals surface area contributed by atoms with E-state index in [1.165, 1.54) is 6.07 Å². The van der Waals surface area contributed by atoms with E-state index >= 15 is 0 Å². The molecule has 0 radical (unpaired) electrons. The molecular formula is C13H20N4O3. The summed E-state index contributed by atoms with van der Waals surface area (Å²) in [7, 11) is 1.56. The zero-order valence-corrected chi connectivity index (χ0v) is 11.6. The van der Waals surface area contributed by atoms with Gasteiger partial charge in [0.15, 0.2) is 0 Å². The van der Waals surface area contributed by atoms with Crippen LogP contribution in [0, 0.1) is 0 Å². The van der Waals surface area contributed by atoms with Crippen LogP contribution in [0.4, 0.5) is 11.4 Å². The first-order chi connectivity index (χ1) is 9.45. The smallest absolute Gasteiger partial charge is 0.250 e. The van der Waals surface area contributed by atoms with E-state index in [0.29, 0.717) is 24.5 Å². The van der Waals surface area contributed by atoms with Gasteiger partial charge in [-0.05, 0) is 25.1 Å². The lowest BCUT2D eigenvalue weighted by Gasteiger charge is -2.17. The van der Waals surface area contributed by atoms with Gasteiger partial charge in [0, 0.05) is 25.0 Å². The summed E-state index contributed by atoms with van der Waals surface area (Å²) in [5.41, 5.74) is 12.1. The number of nitrogen functional groups attached to an aromatic ring is 1. The van der Waals surface area contributed by atoms with Gasteiger partial charge in [-0.1, -0.05) is 0 Å². The van der Waals surface area contributed by atoms with Gasteiger partial charge in [0.1, 0.15) is 6.04 Å². The molecule has 0 aliphatic carbocycles. The minimum atomic E-state index is -0.584. The fourth-order valence-corrected chi connectivity index (χ4v) is 1.62. The first-order valence-electron chi connectivity index (χ1n) is 6.18. The molecule has 1 aromatic carbocycles. The van der Waals surface area contributed by atoms with Gasteiger partial charge < -0.3 is 26.8 Å². The Morgan fingerprint density at radius 2 is 2.10 bits per heavy atom. The Labute approximate surface area is 117 Å². The molecule has 0 saturated heterocycles. The summed E-state index contributed by atoms with van der Waals surface area (Å²) in [6.07, 6.45) is 0. The monoisotopic (exact) mass is 280 g/mol. The van der Waals surface area contributed by atoms with Crippen molar-refractivity contribution in [2.24, 2.45) is 5.73 Å². The Kier molecular flexibility index (Phi) is 5.79. The van der Waals surface area contributed by atoms with Crippen LogP contribution in [0.15, 0.2) is 18.2 Å². The molecule has 1 unspecified atom stereocenters. The molecule has 20 heavy (non-hydrogen) atoms. The van der Waals surface area contributed by atoms with E-state index in [1.807, 2.05) is 0 Å². The van der Waals surface area contributed by atoms with Crippen molar-refractivity contribution in [3.8, 4) is 0 Å². The van der Waals surface area contributed by atoms with Crippen molar-refractivity contribution in [3.05, 3.63) is 23.8 Å². The first kappa shape index (κ1) is 15.8. The summed E-state index contributed by atoms with van der Waals surface area (Å²) >= 11 is 0. The Morgan fingerprint density at radius 3 is 2.70 bits per heavy atom. The molecule has 6 N–H and O–H groups in total. The van der Waals surface area contributed by atoms with Crippen LogP contribution in [0.25, 0.3) is 0 Å². The van der Waals surface area contributed by atoms with E-state index in [1.54, 1.807) is 26.2 Å². The number of primary amides is 1. The number of nitrogens with one attached hydrogen (secondary N) is 2. The molecular weight excluding hydrogens is 260 g/mol. The molecule has 0 aliphatic rings. The summed E-state index contributed by atoms with van der Waals surface area (Å²) in [6.45, 7) is 2.53. The number of nitrogens with two attached hydrogens (primary N) is 2. The molecule has 1 atom stereocenters. The fourth-order valence-electron chi connectivity index (χ4n) is 1.62. The van der Waals surface area contributed by atoms with Crippen molar-refractivity contribution in [2.45, 2.75) is 13.0 Å². The van der Waals surface area contributed by atoms with E-state index < -0.39 is 11.9 Å². The highest BCUT2D eigenvalue weighted by Crippen LogP contribution is 2.19. The van der Waals surface area contributed by atoms with Gasteiger partial charge in [0.25, 0.3) is 5.91 Å². The van der Waals surface area contributed by atoms with Crippen molar-refractivity contribution in [2.75, 3.05) is 31.3 Å². The second-order valence-electron chi connectivity index (χ2n) is 4.32. The number of carbonyl (C=O) groups is 2. The van der Waals surface area contributed by atoms with E-state index in [-0.39, 0.29) is 11.5 Å². The number of rotatable bonds is 7. The Morgan fingerprint density at radius 1 is 1.40 bits per heavy atom. The van der Waals surface area contributed by atoms with E-state index in [2.05, 4.69) is 10.6 Å². The lowest BCUT2D eigenvalue weighted by molar-refractivity contribution is -0.121. The number of anilines is 2. The largest absolute Gasteiger partial charge is 0.399 e. The summed E-state index contributed by atoms with van der Waals surface area (Å²) in [5.74, 6) is -0.792. The maximum Gasteiger partial charge on any atom is 0.250 e. The minimum Gasteiger partial charge on any atom is -0.399 e. The van der Waals surface area contributed by atoms with Gasteiger partial charge in [0.2, 0.25) is 5.91 Å². The molecule has 110 valence electrons. The minimum absolute atomic E-state index is 0.208. The lowest BCUT2D eigenvalue weighted by Crippen LogP contribution is -2.39. The average Bonchev–Trinajstić information content (AvgIpc) is 2.38. The van der Waals surface area contributed by atoms with Crippen LogP contribution in [-0.2, 0) is 9.53 Å². The van der Waals surface area contributed by atoms with E-state index in [4.69, 9.17) is 16.2 Å². The van der Waals surface area contributed by atoms with Gasteiger partial charge in [0.05, 0.1) is 12.2 Å². The van der Waals surface area contributed by atoms with Gasteiger partial charge >= 0.3 is 0 Å². The van der Waals surface area contributed by atoms with E-state index in [0.717, 1.165) is 0 Å². The number of amides is 2. The third kappa shape index (κ3) is 4.43. The molecule has 0 spiro atoms. The summed E-state index contributed by atoms with van der Waals surface area (Å²) in [4.78, 5) is 23.1. The molecule has 0 bridgehead atoms. The van der Waals surface area contributed by atoms with Gasteiger partial charge in [-0.15, -0.1) is 0 Å². The second kappa shape index (κ2) is 7.34. The summed E-state index contributed by atoms with van der Waals surface area (Å²) < 4.78 is 4.84. The molecule has 0 aromatic heterocycles. The third-order valence-electron chi connectivity index (χ3n) is 2.68. The molecule has 2 amide bonds. The topological polar surface area (TPSA) is 119 Å². The molecule has 1 aromatic rings. The maximum absolute atomic E-state index is 11.8. The van der Waals surface area contributed by atoms with E-state index in [9.17, 15) is 9.59 Å². The molecule has 0 heterocycles. The first-order valence-corrected chi connectivity index (χ1v) is 6.18. The average molecular weight is 280 g/mol. The summed E-state index contributed by atoms with van der Waals surface area (Å²) in [6, 6.07) is 4.13. The van der Waals surface area contributed by atoms with Gasteiger partial charge in [-0.25, -0.2) is 0 Å². The fraction of sp³-hybridized carbons (Fsp3) is 0.385. The second-order valence-corrected chi connectivity index (χ2v) is 4.32. The molecule has 1 rings (SSSR count). The number of benzene rings is 1. The number of hydrogen-bond acceptors (Lipinski definition) is 5. The van der Waals surface area contributed by atoms with Crippen LogP contribution in [0.3, 0.4) is 0 Å². The highest BCUT2D eigenvalue weighted by Gasteiger charge is 2.15. The highest BCUT2D eigenvalue weighted by atomic mass is 16.5. The van der Waals surface area contributed by atoms with Crippen LogP contribution in [0.1, 0.15) is 17.3 Å². The number of methoxy groups -OCH3 is 1. The molecule has 0 saturated carbocycles. The standard InChI is InChI=1S/C13H20N4O3/c1-8(13(19)16-5-6-20-2)17-11-7-9(14)3-4-10(11)12(15)18/h3-4,7-8,17H,5-6,14H2,1-2H3,(H2,15,18)(H,16,19). The normalized spacial score (nSPS) is 11.7. The van der Waals surface area contributed by atoms with Crippen LogP contribution in [0.2, 0.25) is 0 Å². The molecule has 0 aliphatic heterocycles. The molecule has 7 nitrogen and oxygen atoms in total. The predicted molar refractivity (Wildman–Crippen MR) is 77.3 cm³/mol. The SMILES string of the molecule is COCCNC(=O)C(C)Nc1cc(N)ccc1C(N)=O. The quantitative estimate of drug-likeness (QED) is 0.412. The number of hydrogen-bond donors (Lipinski definition) is 4. The van der Waals surface area contributed by atoms with Crippen molar-refractivity contribution in [1.82, 2.24) is 5.32 Å². The van der Waals surface area contributed by atoms with Crippen molar-refractivity contribution in [1.29, 1.82) is 0 Å². The molecule has 7 heteroatoms. The number of ether oxygens (including phenoxy) is 1. The van der Waals surface area contributed by atoms with Crippen molar-refractivity contribution >= 4 is 23.2 Å². The predicted octanol–water partition coefficient (Wildman–Crippen LogP) is -0.0693. The Bertz CT molecular complexity index is 491. The zero-order valence-electron chi connectivity index (χ0n) is 11.6. The van der Waals surface area contributed by atoms with Gasteiger partial charge in [-0.2, -0.15) is 0 Å². The highest BCUT2D eigenvalue weighted by molar-refractivity contribution is 6.00. The summed E-state index contributed by atoms with van der Waals surface area (Å²) in [5, 5.41) is 5.62. The Hall–Kier alpha value is -2.28. The van der Waals surface area contributed by atoms with Gasteiger partial charge in [-0.3, -0.25) is 9.59 Å². The van der Waals surface area contributed by atoms with Crippen molar-refractivity contribution in [3.63, 3.8) is 0 Å². The third-order valence-corrected chi connectivity index (χ3v) is 2.68. The number of carbonyl (C=O) groups excluding carboxylic acids is 2. The van der Waals surface area contributed by atoms with Crippen LogP contribution >= 0.6 is 0 Å². The maximum atomic E-state index is 11.8. The lowest BCUT2D eigenvalue weighted by atomic mass is 10.1. The Balaban J connectivity index is 2.74. The van der Waals surface area contributed by atoms with Crippen LogP contribution in [-0.4, -0.2) is 38.1 Å². The van der Waals surface area contributed by atoms with Crippen LogP contribution < -0.4 is 22.1 Å².